The van der Waals surface area contributed by atoms with Gasteiger partial charge in [0.2, 0.25) is 0 Å². The van der Waals surface area contributed by atoms with Crippen molar-refractivity contribution in [1.82, 2.24) is 0 Å². The first-order valence-electron chi connectivity index (χ1n) is 5.94. The average Bonchev–Trinajstić information content (AvgIpc) is 2.52. The molecule has 2 heteroatoms. The number of hydrogen-bond acceptors (Lipinski definition) is 2. The number of carbonyl (C=O) groups is 1. The predicted octanol–water partition coefficient (Wildman–Crippen LogP) is 2.44. The van der Waals surface area contributed by atoms with Gasteiger partial charge in [-0.3, -0.25) is 4.79 Å². The number of aliphatic hydroxyl groups is 1. The van der Waals surface area contributed by atoms with E-state index >= 15 is 0 Å². The minimum Gasteiger partial charge on any atom is -0.393 e. The van der Waals surface area contributed by atoms with Crippen LogP contribution in [0.5, 0.6) is 0 Å². The minimum atomic E-state index is -0.210. The lowest BCUT2D eigenvalue weighted by atomic mass is 9.74. The SMILES string of the molecule is O=C1CCCCCCC12CCC(O)C2. The first-order chi connectivity index (χ1) is 6.73. The van der Waals surface area contributed by atoms with Gasteiger partial charge in [0.05, 0.1) is 6.10 Å². The fourth-order valence-electron chi connectivity index (χ4n) is 3.09. The first-order valence-corrected chi connectivity index (χ1v) is 5.94. The van der Waals surface area contributed by atoms with Crippen molar-refractivity contribution in [3.8, 4) is 0 Å². The van der Waals surface area contributed by atoms with E-state index in [0.717, 1.165) is 38.5 Å². The molecule has 0 radical (unpaired) electrons. The van der Waals surface area contributed by atoms with Crippen molar-refractivity contribution >= 4 is 5.78 Å². The van der Waals surface area contributed by atoms with E-state index in [1.807, 2.05) is 0 Å². The summed E-state index contributed by atoms with van der Waals surface area (Å²) in [5.41, 5.74) is -0.111. The van der Waals surface area contributed by atoms with Gasteiger partial charge in [0, 0.05) is 11.8 Å². The molecule has 0 aliphatic heterocycles. The standard InChI is InChI=1S/C12H20O2/c13-10-6-8-12(9-10)7-4-2-1-3-5-11(12)14/h10,13H,1-9H2. The second kappa shape index (κ2) is 4.01. The van der Waals surface area contributed by atoms with Crippen LogP contribution >= 0.6 is 0 Å². The molecule has 1 N–H and O–H groups in total. The molecule has 0 amide bonds. The maximum Gasteiger partial charge on any atom is 0.139 e. The van der Waals surface area contributed by atoms with Crippen molar-refractivity contribution in [3.05, 3.63) is 0 Å². The van der Waals surface area contributed by atoms with Crippen LogP contribution in [0.15, 0.2) is 0 Å². The molecular weight excluding hydrogens is 176 g/mol. The van der Waals surface area contributed by atoms with Gasteiger partial charge >= 0.3 is 0 Å². The van der Waals surface area contributed by atoms with E-state index in [2.05, 4.69) is 0 Å². The van der Waals surface area contributed by atoms with E-state index in [1.165, 1.54) is 19.3 Å². The van der Waals surface area contributed by atoms with E-state index in [-0.39, 0.29) is 11.5 Å². The summed E-state index contributed by atoms with van der Waals surface area (Å²) in [6, 6.07) is 0. The summed E-state index contributed by atoms with van der Waals surface area (Å²) in [5.74, 6) is 0.439. The molecule has 0 aromatic carbocycles. The molecule has 14 heavy (non-hydrogen) atoms. The summed E-state index contributed by atoms with van der Waals surface area (Å²) in [6.45, 7) is 0. The fourth-order valence-corrected chi connectivity index (χ4v) is 3.09. The summed E-state index contributed by atoms with van der Waals surface area (Å²) in [6.07, 6.45) is 8.82. The van der Waals surface area contributed by atoms with E-state index in [1.54, 1.807) is 0 Å². The van der Waals surface area contributed by atoms with Gasteiger partial charge in [-0.1, -0.05) is 19.3 Å². The second-order valence-electron chi connectivity index (χ2n) is 5.01. The van der Waals surface area contributed by atoms with Crippen LogP contribution in [-0.2, 0) is 4.79 Å². The predicted molar refractivity (Wildman–Crippen MR) is 55.0 cm³/mol. The Morgan fingerprint density at radius 1 is 1.14 bits per heavy atom. The van der Waals surface area contributed by atoms with E-state index in [0.29, 0.717) is 5.78 Å². The fraction of sp³-hybridized carbons (Fsp3) is 0.917. The number of rotatable bonds is 0. The van der Waals surface area contributed by atoms with Crippen LogP contribution in [-0.4, -0.2) is 17.0 Å². The van der Waals surface area contributed by atoms with Crippen LogP contribution in [0, 0.1) is 5.41 Å². The van der Waals surface area contributed by atoms with Gasteiger partial charge < -0.3 is 5.11 Å². The molecule has 0 heterocycles. The Kier molecular flexibility index (Phi) is 2.91. The van der Waals surface area contributed by atoms with Crippen molar-refractivity contribution in [2.45, 2.75) is 63.9 Å². The first kappa shape index (κ1) is 10.2. The minimum absolute atomic E-state index is 0.111. The number of Topliss-reactive ketones (excluding diaryl/α,β-unsaturated/α-hetero) is 1. The highest BCUT2D eigenvalue weighted by atomic mass is 16.3. The molecule has 80 valence electrons. The quantitative estimate of drug-likeness (QED) is 0.646. The molecule has 1 spiro atoms. The molecule has 2 aliphatic carbocycles. The lowest BCUT2D eigenvalue weighted by Crippen LogP contribution is -2.30. The van der Waals surface area contributed by atoms with Crippen molar-refractivity contribution in [2.24, 2.45) is 5.41 Å². The largest absolute Gasteiger partial charge is 0.393 e. The Morgan fingerprint density at radius 3 is 2.64 bits per heavy atom. The molecule has 0 aromatic rings. The third-order valence-corrected chi connectivity index (χ3v) is 3.98. The topological polar surface area (TPSA) is 37.3 Å². The highest BCUT2D eigenvalue weighted by Crippen LogP contribution is 2.45. The molecule has 2 nitrogen and oxygen atoms in total. The van der Waals surface area contributed by atoms with Crippen LogP contribution in [0.4, 0.5) is 0 Å². The van der Waals surface area contributed by atoms with Crippen LogP contribution in [0.3, 0.4) is 0 Å². The average molecular weight is 196 g/mol. The summed E-state index contributed by atoms with van der Waals surface area (Å²) >= 11 is 0. The Labute approximate surface area is 85.7 Å². The molecule has 2 fully saturated rings. The monoisotopic (exact) mass is 196 g/mol. The van der Waals surface area contributed by atoms with E-state index in [4.69, 9.17) is 0 Å². The lowest BCUT2D eigenvalue weighted by molar-refractivity contribution is -0.130. The highest BCUT2D eigenvalue weighted by molar-refractivity contribution is 5.85. The number of carbonyl (C=O) groups excluding carboxylic acids is 1. The maximum atomic E-state index is 12.0. The smallest absolute Gasteiger partial charge is 0.139 e. The highest BCUT2D eigenvalue weighted by Gasteiger charge is 2.43. The number of aliphatic hydroxyl groups excluding tert-OH is 1. The normalized spacial score (nSPS) is 39.8. The molecule has 2 aliphatic rings. The van der Waals surface area contributed by atoms with Crippen LogP contribution in [0.2, 0.25) is 0 Å². The number of ketones is 1. The Morgan fingerprint density at radius 2 is 1.93 bits per heavy atom. The summed E-state index contributed by atoms with van der Waals surface area (Å²) in [5, 5.41) is 9.57. The van der Waals surface area contributed by atoms with Crippen molar-refractivity contribution < 1.29 is 9.90 Å². The van der Waals surface area contributed by atoms with Gasteiger partial charge in [0.1, 0.15) is 5.78 Å². The van der Waals surface area contributed by atoms with Gasteiger partial charge in [-0.05, 0) is 32.1 Å². The van der Waals surface area contributed by atoms with Gasteiger partial charge in [-0.2, -0.15) is 0 Å². The van der Waals surface area contributed by atoms with Crippen molar-refractivity contribution in [3.63, 3.8) is 0 Å². The van der Waals surface area contributed by atoms with E-state index in [9.17, 15) is 9.90 Å². The summed E-state index contributed by atoms with van der Waals surface area (Å²) < 4.78 is 0. The van der Waals surface area contributed by atoms with Gasteiger partial charge in [-0.15, -0.1) is 0 Å². The third-order valence-electron chi connectivity index (χ3n) is 3.98. The van der Waals surface area contributed by atoms with Crippen molar-refractivity contribution in [2.75, 3.05) is 0 Å². The van der Waals surface area contributed by atoms with E-state index < -0.39 is 0 Å². The van der Waals surface area contributed by atoms with Gasteiger partial charge in [0.25, 0.3) is 0 Å². The molecule has 2 unspecified atom stereocenters. The summed E-state index contributed by atoms with van der Waals surface area (Å²) in [4.78, 5) is 12.0. The molecule has 2 rings (SSSR count). The van der Waals surface area contributed by atoms with Gasteiger partial charge in [0.15, 0.2) is 0 Å². The Hall–Kier alpha value is -0.370. The number of hydrogen-bond donors (Lipinski definition) is 1. The second-order valence-corrected chi connectivity index (χ2v) is 5.01. The third kappa shape index (κ3) is 1.85. The van der Waals surface area contributed by atoms with Crippen molar-refractivity contribution in [1.29, 1.82) is 0 Å². The molecule has 0 aromatic heterocycles. The zero-order valence-electron chi connectivity index (χ0n) is 8.80. The van der Waals surface area contributed by atoms with Crippen LogP contribution in [0.1, 0.15) is 57.8 Å². The van der Waals surface area contributed by atoms with Crippen LogP contribution in [0.25, 0.3) is 0 Å². The maximum absolute atomic E-state index is 12.0. The molecule has 0 bridgehead atoms. The molecular formula is C12H20O2. The Bertz CT molecular complexity index is 224. The Balaban J connectivity index is 2.08. The molecule has 0 saturated heterocycles. The summed E-state index contributed by atoms with van der Waals surface area (Å²) in [7, 11) is 0. The zero-order chi connectivity index (χ0) is 10.0. The zero-order valence-corrected chi connectivity index (χ0v) is 8.80. The van der Waals surface area contributed by atoms with Crippen LogP contribution < -0.4 is 0 Å². The van der Waals surface area contributed by atoms with Gasteiger partial charge in [-0.25, -0.2) is 0 Å². The molecule has 2 saturated carbocycles. The lowest BCUT2D eigenvalue weighted by Gasteiger charge is -2.29. The molecule has 2 atom stereocenters.